The summed E-state index contributed by atoms with van der Waals surface area (Å²) in [6, 6.07) is 6.13. The molecular formula is C13H18N2O. The molecule has 2 aromatic rings. The van der Waals surface area contributed by atoms with E-state index in [0.717, 1.165) is 22.4 Å². The summed E-state index contributed by atoms with van der Waals surface area (Å²) in [5, 5.41) is 9.13. The molecule has 2 N–H and O–H groups in total. The Labute approximate surface area is 95.5 Å². The fourth-order valence-corrected chi connectivity index (χ4v) is 1.73. The van der Waals surface area contributed by atoms with Crippen LogP contribution in [0.25, 0.3) is 11.0 Å². The van der Waals surface area contributed by atoms with Crippen molar-refractivity contribution in [3.05, 3.63) is 29.6 Å². The van der Waals surface area contributed by atoms with Crippen LogP contribution in [0.15, 0.2) is 18.2 Å². The fraction of sp³-hybridized carbons (Fsp3) is 0.462. The van der Waals surface area contributed by atoms with Crippen LogP contribution in [0.2, 0.25) is 0 Å². The van der Waals surface area contributed by atoms with Crippen molar-refractivity contribution in [1.82, 2.24) is 9.97 Å². The van der Waals surface area contributed by atoms with Crippen LogP contribution >= 0.6 is 0 Å². The second-order valence-corrected chi connectivity index (χ2v) is 4.64. The second-order valence-electron chi connectivity index (χ2n) is 4.64. The smallest absolute Gasteiger partial charge is 0.109 e. The maximum atomic E-state index is 9.13. The number of hydrogen-bond acceptors (Lipinski definition) is 2. The average molecular weight is 218 g/mol. The molecule has 0 aliphatic heterocycles. The van der Waals surface area contributed by atoms with Crippen molar-refractivity contribution in [2.75, 3.05) is 6.61 Å². The molecule has 1 aromatic carbocycles. The molecule has 0 amide bonds. The highest BCUT2D eigenvalue weighted by molar-refractivity contribution is 5.76. The van der Waals surface area contributed by atoms with Gasteiger partial charge in [-0.25, -0.2) is 4.98 Å². The lowest BCUT2D eigenvalue weighted by Gasteiger charge is -2.07. The number of rotatable bonds is 3. The summed E-state index contributed by atoms with van der Waals surface area (Å²) in [4.78, 5) is 7.84. The van der Waals surface area contributed by atoms with Gasteiger partial charge in [0.1, 0.15) is 5.82 Å². The SMILES string of the molecule is CC(C)c1nc2ccc(C(C)CO)cc2[nH]1. The number of nitrogens with one attached hydrogen (secondary N) is 1. The van der Waals surface area contributed by atoms with E-state index in [2.05, 4.69) is 29.9 Å². The van der Waals surface area contributed by atoms with Crippen LogP contribution in [0, 0.1) is 0 Å². The molecule has 0 aliphatic rings. The van der Waals surface area contributed by atoms with Gasteiger partial charge in [0.05, 0.1) is 11.0 Å². The molecule has 2 rings (SSSR count). The van der Waals surface area contributed by atoms with E-state index in [1.807, 2.05) is 19.1 Å². The molecule has 0 radical (unpaired) electrons. The number of nitrogens with zero attached hydrogens (tertiary/aromatic N) is 1. The lowest BCUT2D eigenvalue weighted by Crippen LogP contribution is -1.98. The molecular weight excluding hydrogens is 200 g/mol. The lowest BCUT2D eigenvalue weighted by molar-refractivity contribution is 0.273. The summed E-state index contributed by atoms with van der Waals surface area (Å²) < 4.78 is 0. The first-order chi connectivity index (χ1) is 7.61. The molecule has 1 heterocycles. The number of aliphatic hydroxyl groups is 1. The van der Waals surface area contributed by atoms with Gasteiger partial charge in [0, 0.05) is 18.4 Å². The van der Waals surface area contributed by atoms with E-state index in [0.29, 0.717) is 5.92 Å². The summed E-state index contributed by atoms with van der Waals surface area (Å²) in [5.74, 6) is 1.60. The third-order valence-electron chi connectivity index (χ3n) is 2.91. The molecule has 16 heavy (non-hydrogen) atoms. The Bertz CT molecular complexity index is 488. The van der Waals surface area contributed by atoms with Gasteiger partial charge in [-0.1, -0.05) is 26.8 Å². The number of benzene rings is 1. The number of hydrogen-bond donors (Lipinski definition) is 2. The van der Waals surface area contributed by atoms with Crippen LogP contribution < -0.4 is 0 Å². The highest BCUT2D eigenvalue weighted by atomic mass is 16.3. The molecule has 0 saturated carbocycles. The number of H-pyrrole nitrogens is 1. The Balaban J connectivity index is 2.45. The van der Waals surface area contributed by atoms with E-state index in [1.54, 1.807) is 0 Å². The minimum atomic E-state index is 0.176. The van der Waals surface area contributed by atoms with Crippen LogP contribution in [-0.4, -0.2) is 21.7 Å². The van der Waals surface area contributed by atoms with E-state index in [9.17, 15) is 0 Å². The molecule has 0 spiro atoms. The zero-order valence-corrected chi connectivity index (χ0v) is 9.99. The van der Waals surface area contributed by atoms with E-state index < -0.39 is 0 Å². The van der Waals surface area contributed by atoms with Gasteiger partial charge in [-0.15, -0.1) is 0 Å². The molecule has 0 aliphatic carbocycles. The van der Waals surface area contributed by atoms with E-state index in [4.69, 9.17) is 5.11 Å². The Hall–Kier alpha value is -1.35. The van der Waals surface area contributed by atoms with Crippen molar-refractivity contribution in [2.45, 2.75) is 32.6 Å². The highest BCUT2D eigenvalue weighted by Crippen LogP contribution is 2.22. The number of fused-ring (bicyclic) bond motifs is 1. The van der Waals surface area contributed by atoms with Gasteiger partial charge in [-0.05, 0) is 17.7 Å². The Morgan fingerprint density at radius 1 is 1.31 bits per heavy atom. The van der Waals surface area contributed by atoms with Crippen LogP contribution in [-0.2, 0) is 0 Å². The molecule has 1 atom stereocenters. The third-order valence-corrected chi connectivity index (χ3v) is 2.91. The summed E-state index contributed by atoms with van der Waals surface area (Å²) >= 11 is 0. The summed E-state index contributed by atoms with van der Waals surface area (Å²) in [6.45, 7) is 6.43. The number of aliphatic hydroxyl groups excluding tert-OH is 1. The van der Waals surface area contributed by atoms with Gasteiger partial charge in [-0.3, -0.25) is 0 Å². The maximum absolute atomic E-state index is 9.13. The van der Waals surface area contributed by atoms with Gasteiger partial charge in [-0.2, -0.15) is 0 Å². The normalized spacial score (nSPS) is 13.6. The van der Waals surface area contributed by atoms with Crippen molar-refractivity contribution in [2.24, 2.45) is 0 Å². The number of aromatic nitrogens is 2. The molecule has 1 unspecified atom stereocenters. The topological polar surface area (TPSA) is 48.9 Å². The molecule has 86 valence electrons. The Kier molecular flexibility index (Phi) is 2.97. The third kappa shape index (κ3) is 1.95. The quantitative estimate of drug-likeness (QED) is 0.832. The molecule has 1 aromatic heterocycles. The predicted octanol–water partition coefficient (Wildman–Crippen LogP) is 2.78. The van der Waals surface area contributed by atoms with Crippen molar-refractivity contribution >= 4 is 11.0 Å². The first-order valence-electron chi connectivity index (χ1n) is 5.72. The molecule has 3 heteroatoms. The lowest BCUT2D eigenvalue weighted by atomic mass is 10.0. The monoisotopic (exact) mass is 218 g/mol. The van der Waals surface area contributed by atoms with Crippen molar-refractivity contribution < 1.29 is 5.11 Å². The summed E-state index contributed by atoms with van der Waals surface area (Å²) in [5.41, 5.74) is 3.20. The number of imidazole rings is 1. The largest absolute Gasteiger partial charge is 0.396 e. The van der Waals surface area contributed by atoms with Crippen LogP contribution in [0.1, 0.15) is 44.0 Å². The van der Waals surface area contributed by atoms with Crippen LogP contribution in [0.5, 0.6) is 0 Å². The highest BCUT2D eigenvalue weighted by Gasteiger charge is 2.09. The van der Waals surface area contributed by atoms with Gasteiger partial charge < -0.3 is 10.1 Å². The van der Waals surface area contributed by atoms with Crippen LogP contribution in [0.3, 0.4) is 0 Å². The molecule has 0 fully saturated rings. The maximum Gasteiger partial charge on any atom is 0.109 e. The van der Waals surface area contributed by atoms with Gasteiger partial charge in [0.25, 0.3) is 0 Å². The molecule has 0 bridgehead atoms. The van der Waals surface area contributed by atoms with Gasteiger partial charge >= 0.3 is 0 Å². The van der Waals surface area contributed by atoms with E-state index in [-0.39, 0.29) is 12.5 Å². The average Bonchev–Trinajstić information content (AvgIpc) is 2.70. The number of aromatic amines is 1. The van der Waals surface area contributed by atoms with Crippen LogP contribution in [0.4, 0.5) is 0 Å². The fourth-order valence-electron chi connectivity index (χ4n) is 1.73. The van der Waals surface area contributed by atoms with E-state index >= 15 is 0 Å². The van der Waals surface area contributed by atoms with Crippen molar-refractivity contribution in [1.29, 1.82) is 0 Å². The van der Waals surface area contributed by atoms with Crippen molar-refractivity contribution in [3.63, 3.8) is 0 Å². The first-order valence-corrected chi connectivity index (χ1v) is 5.72. The second kappa shape index (κ2) is 4.26. The summed E-state index contributed by atoms with van der Waals surface area (Å²) in [6.07, 6.45) is 0. The Morgan fingerprint density at radius 2 is 2.06 bits per heavy atom. The standard InChI is InChI=1S/C13H18N2O/c1-8(2)13-14-11-5-4-10(9(3)7-16)6-12(11)15-13/h4-6,8-9,16H,7H2,1-3H3,(H,14,15). The minimum absolute atomic E-state index is 0.176. The minimum Gasteiger partial charge on any atom is -0.396 e. The van der Waals surface area contributed by atoms with Crippen molar-refractivity contribution in [3.8, 4) is 0 Å². The van der Waals surface area contributed by atoms with E-state index in [1.165, 1.54) is 0 Å². The first kappa shape index (κ1) is 11.1. The molecule has 0 saturated heterocycles. The molecule has 3 nitrogen and oxygen atoms in total. The zero-order valence-electron chi connectivity index (χ0n) is 9.99. The summed E-state index contributed by atoms with van der Waals surface area (Å²) in [7, 11) is 0. The van der Waals surface area contributed by atoms with Gasteiger partial charge in [0.2, 0.25) is 0 Å². The zero-order chi connectivity index (χ0) is 11.7. The van der Waals surface area contributed by atoms with Gasteiger partial charge in [0.15, 0.2) is 0 Å². The predicted molar refractivity (Wildman–Crippen MR) is 65.7 cm³/mol. The Morgan fingerprint density at radius 3 is 2.69 bits per heavy atom.